The number of pyridine rings is 1. The molecule has 0 bridgehead atoms. The number of H-pyrrole nitrogens is 1. The van der Waals surface area contributed by atoms with Crippen LogP contribution in [0.3, 0.4) is 0 Å². The molecule has 0 unspecified atom stereocenters. The third-order valence-corrected chi connectivity index (χ3v) is 5.45. The number of carbonyl (C=O) groups excluding carboxylic acids is 1. The van der Waals surface area contributed by atoms with Crippen LogP contribution in [0.15, 0.2) is 41.4 Å². The molecule has 0 spiro atoms. The Labute approximate surface area is 173 Å². The Hall–Kier alpha value is -3.11. The quantitative estimate of drug-likeness (QED) is 0.383. The summed E-state index contributed by atoms with van der Waals surface area (Å²) in [6.07, 6.45) is 0.194. The molecule has 5 heterocycles. The summed E-state index contributed by atoms with van der Waals surface area (Å²) in [5, 5.41) is 5.05. The van der Waals surface area contributed by atoms with Crippen molar-refractivity contribution in [2.24, 2.45) is 0 Å². The van der Waals surface area contributed by atoms with E-state index >= 15 is 0 Å². The minimum absolute atomic E-state index is 0.145. The number of nitrogens with zero attached hydrogens (tertiary/aromatic N) is 5. The average Bonchev–Trinajstić information content (AvgIpc) is 3.46. The monoisotopic (exact) mass is 432 g/mol. The first-order chi connectivity index (χ1) is 14.5. The van der Waals surface area contributed by atoms with E-state index in [4.69, 9.17) is 16.0 Å². The zero-order valence-electron chi connectivity index (χ0n) is 15.4. The number of rotatable bonds is 5. The molecule has 0 radical (unpaired) electrons. The number of ketones is 1. The van der Waals surface area contributed by atoms with Crippen molar-refractivity contribution < 1.29 is 18.0 Å². The average molecular weight is 433 g/mol. The maximum atomic E-state index is 13.1. The summed E-state index contributed by atoms with van der Waals surface area (Å²) in [5.74, 6) is -0.997. The predicted octanol–water partition coefficient (Wildman–Crippen LogP) is 3.47. The normalized spacial score (nSPS) is 17.0. The Bertz CT molecular complexity index is 1230. The smallest absolute Gasteiger partial charge is 0.284 e. The lowest BCUT2D eigenvalue weighted by molar-refractivity contribution is 0.0852. The molecule has 154 valence electrons. The van der Waals surface area contributed by atoms with E-state index in [9.17, 15) is 13.6 Å². The molecule has 4 aromatic heterocycles. The maximum absolute atomic E-state index is 13.1. The summed E-state index contributed by atoms with van der Waals surface area (Å²) >= 11 is 6.24. The molecule has 1 atom stereocenters. The molecule has 1 aliphatic rings. The number of oxazole rings is 1. The lowest BCUT2D eigenvalue weighted by atomic mass is 9.99. The topological polar surface area (TPSA) is 92.3 Å². The first-order valence-electron chi connectivity index (χ1n) is 9.18. The van der Waals surface area contributed by atoms with E-state index in [2.05, 4.69) is 20.1 Å². The molecule has 0 aliphatic carbocycles. The number of aromatic amines is 1. The number of fused-ring (bicyclic) bond motifs is 2. The van der Waals surface area contributed by atoms with Crippen molar-refractivity contribution in [1.82, 2.24) is 29.5 Å². The van der Waals surface area contributed by atoms with Gasteiger partial charge in [0.15, 0.2) is 17.8 Å². The SMILES string of the molecule is O=C(CN1CCc2[nH]cnc2[C@H]1c1cc2cccc(Cl)n2n1)c1ocnc1C(F)F. The number of alkyl halides is 2. The number of imidazole rings is 1. The van der Waals surface area contributed by atoms with Crippen LogP contribution in [0.2, 0.25) is 5.15 Å². The lowest BCUT2D eigenvalue weighted by Gasteiger charge is -2.33. The third-order valence-electron chi connectivity index (χ3n) is 5.17. The first-order valence-corrected chi connectivity index (χ1v) is 9.56. The summed E-state index contributed by atoms with van der Waals surface area (Å²) in [4.78, 5) is 25.6. The van der Waals surface area contributed by atoms with Crippen LogP contribution in [0.5, 0.6) is 0 Å². The van der Waals surface area contributed by atoms with Gasteiger partial charge in [-0.05, 0) is 18.2 Å². The van der Waals surface area contributed by atoms with Crippen molar-refractivity contribution in [2.75, 3.05) is 13.1 Å². The highest BCUT2D eigenvalue weighted by molar-refractivity contribution is 6.29. The number of hydrogen-bond acceptors (Lipinski definition) is 6. The van der Waals surface area contributed by atoms with Crippen molar-refractivity contribution in [2.45, 2.75) is 18.9 Å². The van der Waals surface area contributed by atoms with Crippen molar-refractivity contribution in [3.05, 3.63) is 70.7 Å². The van der Waals surface area contributed by atoms with E-state index in [0.29, 0.717) is 23.8 Å². The number of carbonyl (C=O) groups is 1. The Balaban J connectivity index is 1.53. The third kappa shape index (κ3) is 3.08. The van der Waals surface area contributed by atoms with Gasteiger partial charge in [0, 0.05) is 18.7 Å². The van der Waals surface area contributed by atoms with Crippen molar-refractivity contribution in [1.29, 1.82) is 0 Å². The zero-order chi connectivity index (χ0) is 20.8. The van der Waals surface area contributed by atoms with Crippen LogP contribution < -0.4 is 0 Å². The zero-order valence-corrected chi connectivity index (χ0v) is 16.2. The van der Waals surface area contributed by atoms with Crippen LogP contribution >= 0.6 is 11.6 Å². The second-order valence-corrected chi connectivity index (χ2v) is 7.32. The fraction of sp³-hybridized carbons (Fsp3) is 0.263. The summed E-state index contributed by atoms with van der Waals surface area (Å²) in [6, 6.07) is 6.84. The van der Waals surface area contributed by atoms with E-state index in [0.717, 1.165) is 23.3 Å². The Morgan fingerprint density at radius 2 is 2.23 bits per heavy atom. The molecule has 1 N–H and O–H groups in total. The van der Waals surface area contributed by atoms with Gasteiger partial charge in [-0.3, -0.25) is 9.69 Å². The minimum Gasteiger partial charge on any atom is -0.440 e. The van der Waals surface area contributed by atoms with E-state index in [1.807, 2.05) is 23.1 Å². The van der Waals surface area contributed by atoms with Gasteiger partial charge in [-0.25, -0.2) is 23.3 Å². The lowest BCUT2D eigenvalue weighted by Crippen LogP contribution is -2.40. The van der Waals surface area contributed by atoms with Gasteiger partial charge in [0.1, 0.15) is 5.15 Å². The standard InChI is InChI=1S/C19H15ClF2N6O2/c20-14-3-1-2-10-6-12(26-28(10)14)17-15-11(23-8-24-15)4-5-27(17)7-13(29)18-16(19(21)22)25-9-30-18/h1-3,6,8-9,17,19H,4-5,7H2,(H,23,24)/t17-/m1/s1. The summed E-state index contributed by atoms with van der Waals surface area (Å²) in [6.45, 7) is 0.360. The molecule has 0 amide bonds. The largest absolute Gasteiger partial charge is 0.440 e. The molecule has 0 fully saturated rings. The summed E-state index contributed by atoms with van der Waals surface area (Å²) < 4.78 is 32.8. The highest BCUT2D eigenvalue weighted by Gasteiger charge is 2.35. The second kappa shape index (κ2) is 7.29. The summed E-state index contributed by atoms with van der Waals surface area (Å²) in [5.41, 5.74) is 2.48. The fourth-order valence-corrected chi connectivity index (χ4v) is 4.04. The molecular formula is C19H15ClF2N6O2. The molecule has 0 saturated carbocycles. The molecule has 5 rings (SSSR count). The van der Waals surface area contributed by atoms with E-state index < -0.39 is 29.7 Å². The van der Waals surface area contributed by atoms with Gasteiger partial charge in [0.05, 0.1) is 35.8 Å². The van der Waals surface area contributed by atoms with Gasteiger partial charge in [0.2, 0.25) is 5.78 Å². The number of aromatic nitrogens is 5. The van der Waals surface area contributed by atoms with Crippen LogP contribution in [-0.2, 0) is 6.42 Å². The van der Waals surface area contributed by atoms with Crippen LogP contribution in [0, 0.1) is 0 Å². The van der Waals surface area contributed by atoms with Gasteiger partial charge in [-0.15, -0.1) is 0 Å². The highest BCUT2D eigenvalue weighted by Crippen LogP contribution is 2.34. The number of hydrogen-bond donors (Lipinski definition) is 1. The van der Waals surface area contributed by atoms with Crippen molar-refractivity contribution in [3.63, 3.8) is 0 Å². The van der Waals surface area contributed by atoms with E-state index in [1.54, 1.807) is 16.9 Å². The van der Waals surface area contributed by atoms with Gasteiger partial charge < -0.3 is 9.40 Å². The van der Waals surface area contributed by atoms with Crippen molar-refractivity contribution >= 4 is 22.9 Å². The molecule has 0 saturated heterocycles. The molecule has 11 heteroatoms. The Morgan fingerprint density at radius 3 is 3.03 bits per heavy atom. The van der Waals surface area contributed by atoms with Gasteiger partial charge >= 0.3 is 0 Å². The molecule has 4 aromatic rings. The molecule has 0 aromatic carbocycles. The number of Topliss-reactive ketones (excluding diaryl/α,β-unsaturated/α-hetero) is 1. The summed E-state index contributed by atoms with van der Waals surface area (Å²) in [7, 11) is 0. The van der Waals surface area contributed by atoms with Crippen LogP contribution in [0.1, 0.15) is 45.8 Å². The predicted molar refractivity (Wildman–Crippen MR) is 102 cm³/mol. The molecule has 8 nitrogen and oxygen atoms in total. The molecule has 30 heavy (non-hydrogen) atoms. The minimum atomic E-state index is -2.89. The van der Waals surface area contributed by atoms with Crippen LogP contribution in [-0.4, -0.2) is 48.3 Å². The van der Waals surface area contributed by atoms with Crippen molar-refractivity contribution in [3.8, 4) is 0 Å². The Kier molecular flexibility index (Phi) is 4.59. The van der Waals surface area contributed by atoms with Crippen LogP contribution in [0.25, 0.3) is 5.52 Å². The molecular weight excluding hydrogens is 418 g/mol. The first kappa shape index (κ1) is 18.9. The second-order valence-electron chi connectivity index (χ2n) is 6.93. The number of nitrogens with one attached hydrogen (secondary N) is 1. The Morgan fingerprint density at radius 1 is 1.37 bits per heavy atom. The van der Waals surface area contributed by atoms with Gasteiger partial charge in [-0.1, -0.05) is 17.7 Å². The molecule has 1 aliphatic heterocycles. The van der Waals surface area contributed by atoms with E-state index in [1.165, 1.54) is 0 Å². The highest BCUT2D eigenvalue weighted by atomic mass is 35.5. The van der Waals surface area contributed by atoms with Crippen LogP contribution in [0.4, 0.5) is 8.78 Å². The number of halogens is 3. The maximum Gasteiger partial charge on any atom is 0.284 e. The van der Waals surface area contributed by atoms with Gasteiger partial charge in [-0.2, -0.15) is 5.10 Å². The van der Waals surface area contributed by atoms with Gasteiger partial charge in [0.25, 0.3) is 6.43 Å². The fourth-order valence-electron chi connectivity index (χ4n) is 3.83. The van der Waals surface area contributed by atoms with E-state index in [-0.39, 0.29) is 6.54 Å².